The number of benzene rings is 2. The summed E-state index contributed by atoms with van der Waals surface area (Å²) in [6.07, 6.45) is 0. The molecule has 0 saturated carbocycles. The summed E-state index contributed by atoms with van der Waals surface area (Å²) >= 11 is 0. The predicted octanol–water partition coefficient (Wildman–Crippen LogP) is 4.35. The van der Waals surface area contributed by atoms with Crippen molar-refractivity contribution in [1.82, 2.24) is 4.98 Å². The highest BCUT2D eigenvalue weighted by atomic mass is 16.5. The van der Waals surface area contributed by atoms with Crippen molar-refractivity contribution >= 4 is 11.5 Å². The van der Waals surface area contributed by atoms with E-state index in [1.54, 1.807) is 0 Å². The van der Waals surface area contributed by atoms with Gasteiger partial charge in [0.2, 0.25) is 0 Å². The number of nitrogens with two attached hydrogens (primary N) is 1. The molecule has 4 heteroatoms. The van der Waals surface area contributed by atoms with Crippen LogP contribution in [-0.4, -0.2) is 10.8 Å². The number of carbonyl (C=O) groups excluding carboxylic acids is 1. The lowest BCUT2D eigenvalue weighted by molar-refractivity contribution is 0.101. The van der Waals surface area contributed by atoms with Gasteiger partial charge in [0.1, 0.15) is 12.4 Å². The molecule has 4 nitrogen and oxygen atoms in total. The van der Waals surface area contributed by atoms with Gasteiger partial charge in [-0.3, -0.25) is 4.79 Å². The fourth-order valence-electron chi connectivity index (χ4n) is 2.78. The van der Waals surface area contributed by atoms with Gasteiger partial charge in [0.05, 0.1) is 16.9 Å². The lowest BCUT2D eigenvalue weighted by Crippen LogP contribution is -1.98. The molecule has 1 heterocycles. The number of aromatic nitrogens is 1. The second-order valence-electron chi connectivity index (χ2n) is 5.77. The standard InChI is InChI=1S/C20H20N2O2/c1-13-18(14(2)23)19(21)20(22-13)16-8-10-17(11-9-16)24-12-15-6-4-3-5-7-15/h3-11,22H,12,21H2,1-2H3. The van der Waals surface area contributed by atoms with Gasteiger partial charge >= 0.3 is 0 Å². The Balaban J connectivity index is 1.78. The van der Waals surface area contributed by atoms with Crippen molar-refractivity contribution in [2.24, 2.45) is 0 Å². The zero-order valence-corrected chi connectivity index (χ0v) is 13.8. The number of ether oxygens (including phenoxy) is 1. The number of rotatable bonds is 5. The number of nitrogen functional groups attached to an aromatic ring is 1. The minimum absolute atomic E-state index is 0.0321. The Morgan fingerprint density at radius 2 is 1.75 bits per heavy atom. The number of H-pyrrole nitrogens is 1. The molecule has 0 saturated heterocycles. The molecular formula is C20H20N2O2. The van der Waals surface area contributed by atoms with E-state index >= 15 is 0 Å². The fraction of sp³-hybridized carbons (Fsp3) is 0.150. The maximum atomic E-state index is 11.7. The number of ketones is 1. The molecule has 0 unspecified atom stereocenters. The SMILES string of the molecule is CC(=O)c1c(C)[nH]c(-c2ccc(OCc3ccccc3)cc2)c1N. The first-order valence-electron chi connectivity index (χ1n) is 7.82. The Bertz CT molecular complexity index is 849. The minimum Gasteiger partial charge on any atom is -0.489 e. The van der Waals surface area contributed by atoms with Gasteiger partial charge in [-0.25, -0.2) is 0 Å². The van der Waals surface area contributed by atoms with Crippen molar-refractivity contribution < 1.29 is 9.53 Å². The second-order valence-corrected chi connectivity index (χ2v) is 5.77. The first-order chi connectivity index (χ1) is 11.6. The molecule has 0 amide bonds. The van der Waals surface area contributed by atoms with Crippen molar-refractivity contribution in [1.29, 1.82) is 0 Å². The first kappa shape index (κ1) is 15.9. The van der Waals surface area contributed by atoms with Crippen LogP contribution >= 0.6 is 0 Å². The van der Waals surface area contributed by atoms with E-state index in [0.29, 0.717) is 17.9 Å². The van der Waals surface area contributed by atoms with Gasteiger partial charge in [-0.1, -0.05) is 30.3 Å². The van der Waals surface area contributed by atoms with Gasteiger partial charge in [0, 0.05) is 11.3 Å². The molecule has 122 valence electrons. The van der Waals surface area contributed by atoms with E-state index in [1.165, 1.54) is 6.92 Å². The summed E-state index contributed by atoms with van der Waals surface area (Å²) < 4.78 is 5.78. The smallest absolute Gasteiger partial charge is 0.163 e. The van der Waals surface area contributed by atoms with Crippen LogP contribution in [0.25, 0.3) is 11.3 Å². The Morgan fingerprint density at radius 1 is 1.08 bits per heavy atom. The quantitative estimate of drug-likeness (QED) is 0.687. The largest absolute Gasteiger partial charge is 0.489 e. The van der Waals surface area contributed by atoms with Crippen molar-refractivity contribution in [3.05, 3.63) is 71.4 Å². The molecule has 0 aliphatic carbocycles. The topological polar surface area (TPSA) is 68.1 Å². The third kappa shape index (κ3) is 3.18. The average Bonchev–Trinajstić information content (AvgIpc) is 2.89. The van der Waals surface area contributed by atoms with Crippen LogP contribution in [0.2, 0.25) is 0 Å². The molecule has 1 aromatic heterocycles. The van der Waals surface area contributed by atoms with Gasteiger partial charge in [-0.05, 0) is 43.7 Å². The van der Waals surface area contributed by atoms with Crippen LogP contribution in [0.15, 0.2) is 54.6 Å². The molecule has 0 bridgehead atoms. The Hall–Kier alpha value is -3.01. The van der Waals surface area contributed by atoms with Crippen LogP contribution in [0.4, 0.5) is 5.69 Å². The predicted molar refractivity (Wildman–Crippen MR) is 96.2 cm³/mol. The number of carbonyl (C=O) groups is 1. The Labute approximate surface area is 141 Å². The van der Waals surface area contributed by atoms with Crippen LogP contribution in [-0.2, 0) is 6.61 Å². The van der Waals surface area contributed by atoms with Crippen LogP contribution in [0.5, 0.6) is 5.75 Å². The Morgan fingerprint density at radius 3 is 2.33 bits per heavy atom. The minimum atomic E-state index is -0.0321. The Kier molecular flexibility index (Phi) is 4.38. The molecule has 3 aromatic rings. The van der Waals surface area contributed by atoms with Crippen LogP contribution in [0.3, 0.4) is 0 Å². The van der Waals surface area contributed by atoms with Crippen LogP contribution in [0, 0.1) is 6.92 Å². The summed E-state index contributed by atoms with van der Waals surface area (Å²) in [5.41, 5.74) is 10.8. The van der Waals surface area contributed by atoms with Gasteiger partial charge in [-0.15, -0.1) is 0 Å². The second kappa shape index (κ2) is 6.62. The molecule has 3 rings (SSSR count). The summed E-state index contributed by atoms with van der Waals surface area (Å²) in [5, 5.41) is 0. The summed E-state index contributed by atoms with van der Waals surface area (Å²) in [7, 11) is 0. The molecule has 0 fully saturated rings. The molecule has 24 heavy (non-hydrogen) atoms. The third-order valence-corrected chi connectivity index (χ3v) is 3.97. The molecule has 0 aliphatic heterocycles. The van der Waals surface area contributed by atoms with Crippen molar-refractivity contribution in [3.8, 4) is 17.0 Å². The van der Waals surface area contributed by atoms with Crippen molar-refractivity contribution in [3.63, 3.8) is 0 Å². The monoisotopic (exact) mass is 320 g/mol. The van der Waals surface area contributed by atoms with E-state index in [0.717, 1.165) is 28.3 Å². The van der Waals surface area contributed by atoms with Crippen molar-refractivity contribution in [2.45, 2.75) is 20.5 Å². The number of aromatic amines is 1. The lowest BCUT2D eigenvalue weighted by Gasteiger charge is -2.07. The first-order valence-corrected chi connectivity index (χ1v) is 7.82. The zero-order chi connectivity index (χ0) is 17.1. The van der Waals surface area contributed by atoms with E-state index in [2.05, 4.69) is 4.98 Å². The van der Waals surface area contributed by atoms with E-state index in [9.17, 15) is 4.79 Å². The molecule has 0 atom stereocenters. The molecule has 3 N–H and O–H groups in total. The van der Waals surface area contributed by atoms with Crippen LogP contribution < -0.4 is 10.5 Å². The third-order valence-electron chi connectivity index (χ3n) is 3.97. The highest BCUT2D eigenvalue weighted by Crippen LogP contribution is 2.31. The highest BCUT2D eigenvalue weighted by molar-refractivity contribution is 6.03. The number of nitrogens with one attached hydrogen (secondary N) is 1. The van der Waals surface area contributed by atoms with Crippen molar-refractivity contribution in [2.75, 3.05) is 5.73 Å². The lowest BCUT2D eigenvalue weighted by atomic mass is 10.1. The highest BCUT2D eigenvalue weighted by Gasteiger charge is 2.16. The van der Waals surface area contributed by atoms with Gasteiger partial charge in [0.25, 0.3) is 0 Å². The van der Waals surface area contributed by atoms with E-state index in [4.69, 9.17) is 10.5 Å². The summed E-state index contributed by atoms with van der Waals surface area (Å²) in [4.78, 5) is 14.9. The number of hydrogen-bond acceptors (Lipinski definition) is 3. The van der Waals surface area contributed by atoms with Gasteiger partial charge in [-0.2, -0.15) is 0 Å². The number of Topliss-reactive ketones (excluding diaryl/α,β-unsaturated/α-hetero) is 1. The summed E-state index contributed by atoms with van der Waals surface area (Å²) in [6, 6.07) is 17.7. The number of aryl methyl sites for hydroxylation is 1. The maximum absolute atomic E-state index is 11.7. The zero-order valence-electron chi connectivity index (χ0n) is 13.8. The molecule has 2 aromatic carbocycles. The average molecular weight is 320 g/mol. The number of anilines is 1. The van der Waals surface area contributed by atoms with E-state index < -0.39 is 0 Å². The van der Waals surface area contributed by atoms with Crippen LogP contribution in [0.1, 0.15) is 28.5 Å². The summed E-state index contributed by atoms with van der Waals surface area (Å²) in [5.74, 6) is 0.756. The van der Waals surface area contributed by atoms with E-state index in [-0.39, 0.29) is 5.78 Å². The molecule has 0 spiro atoms. The molecular weight excluding hydrogens is 300 g/mol. The normalized spacial score (nSPS) is 10.6. The fourth-order valence-corrected chi connectivity index (χ4v) is 2.78. The maximum Gasteiger partial charge on any atom is 0.163 e. The molecule has 0 aliphatic rings. The molecule has 0 radical (unpaired) electrons. The summed E-state index contributed by atoms with van der Waals surface area (Å²) in [6.45, 7) is 3.91. The van der Waals surface area contributed by atoms with Gasteiger partial charge < -0.3 is 15.5 Å². The number of hydrogen-bond donors (Lipinski definition) is 2. The van der Waals surface area contributed by atoms with Gasteiger partial charge in [0.15, 0.2) is 5.78 Å². The van der Waals surface area contributed by atoms with E-state index in [1.807, 2.05) is 61.5 Å².